The smallest absolute Gasteiger partial charge is 0.107 e. The van der Waals surface area contributed by atoms with Crippen molar-refractivity contribution in [1.29, 1.82) is 0 Å². The highest BCUT2D eigenvalue weighted by molar-refractivity contribution is 5.82. The monoisotopic (exact) mass is 293 g/mol. The second-order valence-electron chi connectivity index (χ2n) is 5.76. The van der Waals surface area contributed by atoms with Crippen LogP contribution in [0.5, 0.6) is 0 Å². The number of aryl methyl sites for hydroxylation is 2. The number of imidazole rings is 1. The SMILES string of the molecule is CCCCCc1nc2ccc(-c3ccnc(CC)c3)cc2[nH]1. The molecular weight excluding hydrogens is 270 g/mol. The van der Waals surface area contributed by atoms with Crippen LogP contribution in [-0.2, 0) is 12.8 Å². The predicted molar refractivity (Wildman–Crippen MR) is 91.9 cm³/mol. The quantitative estimate of drug-likeness (QED) is 0.655. The number of fused-ring (bicyclic) bond motifs is 1. The van der Waals surface area contributed by atoms with E-state index in [1.54, 1.807) is 0 Å². The molecule has 3 nitrogen and oxygen atoms in total. The number of aromatic nitrogens is 3. The molecule has 0 aliphatic rings. The molecule has 0 amide bonds. The first-order valence-corrected chi connectivity index (χ1v) is 8.24. The highest BCUT2D eigenvalue weighted by Crippen LogP contribution is 2.24. The maximum absolute atomic E-state index is 4.69. The zero-order valence-electron chi connectivity index (χ0n) is 13.4. The van der Waals surface area contributed by atoms with Gasteiger partial charge in [-0.05, 0) is 48.2 Å². The van der Waals surface area contributed by atoms with Gasteiger partial charge < -0.3 is 4.98 Å². The molecule has 0 atom stereocenters. The topological polar surface area (TPSA) is 41.6 Å². The van der Waals surface area contributed by atoms with E-state index in [0.29, 0.717) is 0 Å². The van der Waals surface area contributed by atoms with Crippen molar-refractivity contribution >= 4 is 11.0 Å². The van der Waals surface area contributed by atoms with Gasteiger partial charge in [0, 0.05) is 18.3 Å². The van der Waals surface area contributed by atoms with Crippen molar-refractivity contribution in [2.24, 2.45) is 0 Å². The van der Waals surface area contributed by atoms with Crippen LogP contribution in [0, 0.1) is 0 Å². The Hall–Kier alpha value is -2.16. The molecule has 0 spiro atoms. The molecule has 114 valence electrons. The summed E-state index contributed by atoms with van der Waals surface area (Å²) in [5, 5.41) is 0. The number of aromatic amines is 1. The van der Waals surface area contributed by atoms with Gasteiger partial charge >= 0.3 is 0 Å². The van der Waals surface area contributed by atoms with Crippen molar-refractivity contribution in [3.05, 3.63) is 48.0 Å². The number of hydrogen-bond acceptors (Lipinski definition) is 2. The Balaban J connectivity index is 1.88. The highest BCUT2D eigenvalue weighted by atomic mass is 14.9. The van der Waals surface area contributed by atoms with Crippen LogP contribution in [0.25, 0.3) is 22.2 Å². The maximum Gasteiger partial charge on any atom is 0.107 e. The molecule has 0 aliphatic heterocycles. The summed E-state index contributed by atoms with van der Waals surface area (Å²) in [6.07, 6.45) is 7.59. The molecule has 0 fully saturated rings. The second-order valence-corrected chi connectivity index (χ2v) is 5.76. The van der Waals surface area contributed by atoms with E-state index in [-0.39, 0.29) is 0 Å². The van der Waals surface area contributed by atoms with Crippen molar-refractivity contribution in [2.75, 3.05) is 0 Å². The Morgan fingerprint density at radius 1 is 1.00 bits per heavy atom. The van der Waals surface area contributed by atoms with Gasteiger partial charge in [-0.3, -0.25) is 4.98 Å². The average Bonchev–Trinajstić information content (AvgIpc) is 2.97. The third-order valence-corrected chi connectivity index (χ3v) is 4.06. The molecule has 22 heavy (non-hydrogen) atoms. The lowest BCUT2D eigenvalue weighted by atomic mass is 10.1. The molecule has 3 aromatic rings. The molecule has 2 heterocycles. The summed E-state index contributed by atoms with van der Waals surface area (Å²) in [4.78, 5) is 12.5. The van der Waals surface area contributed by atoms with Gasteiger partial charge in [-0.25, -0.2) is 4.98 Å². The van der Waals surface area contributed by atoms with Gasteiger partial charge in [0.2, 0.25) is 0 Å². The van der Waals surface area contributed by atoms with Crippen LogP contribution in [0.15, 0.2) is 36.5 Å². The Morgan fingerprint density at radius 2 is 1.86 bits per heavy atom. The van der Waals surface area contributed by atoms with Gasteiger partial charge in [-0.1, -0.05) is 32.8 Å². The first-order valence-electron chi connectivity index (χ1n) is 8.24. The summed E-state index contributed by atoms with van der Waals surface area (Å²) in [5.41, 5.74) is 5.74. The van der Waals surface area contributed by atoms with E-state index in [1.165, 1.54) is 30.4 Å². The van der Waals surface area contributed by atoms with Crippen molar-refractivity contribution in [3.63, 3.8) is 0 Å². The van der Waals surface area contributed by atoms with E-state index in [1.807, 2.05) is 6.20 Å². The normalized spacial score (nSPS) is 11.2. The molecule has 2 aromatic heterocycles. The summed E-state index contributed by atoms with van der Waals surface area (Å²) in [5.74, 6) is 1.10. The Bertz CT molecular complexity index is 758. The zero-order valence-corrected chi connectivity index (χ0v) is 13.4. The summed E-state index contributed by atoms with van der Waals surface area (Å²) in [7, 11) is 0. The average molecular weight is 293 g/mol. The van der Waals surface area contributed by atoms with Crippen molar-refractivity contribution < 1.29 is 0 Å². The Kier molecular flexibility index (Phi) is 4.52. The molecule has 0 unspecified atom stereocenters. The first-order chi connectivity index (χ1) is 10.8. The number of pyridine rings is 1. The third-order valence-electron chi connectivity index (χ3n) is 4.06. The van der Waals surface area contributed by atoms with E-state index >= 15 is 0 Å². The maximum atomic E-state index is 4.69. The second kappa shape index (κ2) is 6.73. The minimum absolute atomic E-state index is 0.960. The number of nitrogens with one attached hydrogen (secondary N) is 1. The molecule has 0 radical (unpaired) electrons. The van der Waals surface area contributed by atoms with Crippen LogP contribution in [-0.4, -0.2) is 15.0 Å². The number of nitrogens with zero attached hydrogens (tertiary/aromatic N) is 2. The molecule has 0 aliphatic carbocycles. The molecule has 0 bridgehead atoms. The zero-order chi connectivity index (χ0) is 15.4. The van der Waals surface area contributed by atoms with E-state index in [0.717, 1.165) is 35.4 Å². The van der Waals surface area contributed by atoms with E-state index < -0.39 is 0 Å². The standard InChI is InChI=1S/C19H23N3/c1-3-5-6-7-19-21-17-9-8-14(13-18(17)22-19)15-10-11-20-16(4-2)12-15/h8-13H,3-7H2,1-2H3,(H,21,22). The first kappa shape index (κ1) is 14.8. The third kappa shape index (κ3) is 3.19. The van der Waals surface area contributed by atoms with Crippen molar-refractivity contribution in [3.8, 4) is 11.1 Å². The lowest BCUT2D eigenvalue weighted by molar-refractivity contribution is 0.700. The van der Waals surface area contributed by atoms with Gasteiger partial charge in [0.25, 0.3) is 0 Å². The lowest BCUT2D eigenvalue weighted by Crippen LogP contribution is -1.87. The van der Waals surface area contributed by atoms with Crippen LogP contribution in [0.2, 0.25) is 0 Å². The largest absolute Gasteiger partial charge is 0.342 e. The summed E-state index contributed by atoms with van der Waals surface area (Å²) < 4.78 is 0. The van der Waals surface area contributed by atoms with Gasteiger partial charge in [0.05, 0.1) is 11.0 Å². The number of rotatable bonds is 6. The molecule has 1 aromatic carbocycles. The minimum atomic E-state index is 0.960. The fourth-order valence-corrected chi connectivity index (χ4v) is 2.75. The van der Waals surface area contributed by atoms with Crippen LogP contribution in [0.4, 0.5) is 0 Å². The molecular formula is C19H23N3. The number of H-pyrrole nitrogens is 1. The summed E-state index contributed by atoms with van der Waals surface area (Å²) >= 11 is 0. The Labute approximate surface area is 131 Å². The van der Waals surface area contributed by atoms with Crippen LogP contribution >= 0.6 is 0 Å². The van der Waals surface area contributed by atoms with E-state index in [2.05, 4.69) is 59.1 Å². The van der Waals surface area contributed by atoms with Crippen LogP contribution < -0.4 is 0 Å². The van der Waals surface area contributed by atoms with E-state index in [4.69, 9.17) is 0 Å². The highest BCUT2D eigenvalue weighted by Gasteiger charge is 2.05. The Morgan fingerprint density at radius 3 is 2.68 bits per heavy atom. The van der Waals surface area contributed by atoms with Gasteiger partial charge in [0.1, 0.15) is 5.82 Å². The van der Waals surface area contributed by atoms with Crippen molar-refractivity contribution in [1.82, 2.24) is 15.0 Å². The van der Waals surface area contributed by atoms with Crippen molar-refractivity contribution in [2.45, 2.75) is 46.0 Å². The lowest BCUT2D eigenvalue weighted by Gasteiger charge is -2.03. The molecule has 3 heteroatoms. The van der Waals surface area contributed by atoms with Crippen LogP contribution in [0.1, 0.15) is 44.6 Å². The van der Waals surface area contributed by atoms with Crippen LogP contribution in [0.3, 0.4) is 0 Å². The van der Waals surface area contributed by atoms with Gasteiger partial charge in [-0.2, -0.15) is 0 Å². The summed E-state index contributed by atoms with van der Waals surface area (Å²) in [6.45, 7) is 4.36. The number of unbranched alkanes of at least 4 members (excludes halogenated alkanes) is 2. The number of benzene rings is 1. The van der Waals surface area contributed by atoms with Gasteiger partial charge in [-0.15, -0.1) is 0 Å². The molecule has 0 saturated carbocycles. The fraction of sp³-hybridized carbons (Fsp3) is 0.368. The minimum Gasteiger partial charge on any atom is -0.342 e. The summed E-state index contributed by atoms with van der Waals surface area (Å²) in [6, 6.07) is 10.7. The molecule has 0 saturated heterocycles. The molecule has 3 rings (SSSR count). The van der Waals surface area contributed by atoms with E-state index in [9.17, 15) is 0 Å². The molecule has 1 N–H and O–H groups in total. The fourth-order valence-electron chi connectivity index (χ4n) is 2.75. The predicted octanol–water partition coefficient (Wildman–Crippen LogP) is 4.92. The van der Waals surface area contributed by atoms with Gasteiger partial charge in [0.15, 0.2) is 0 Å². The number of hydrogen-bond donors (Lipinski definition) is 1.